The highest BCUT2D eigenvalue weighted by Crippen LogP contribution is 2.64. The van der Waals surface area contributed by atoms with Crippen LogP contribution in [-0.2, 0) is 42.9 Å². The fourth-order valence-corrected chi connectivity index (χ4v) is 10.5. The highest BCUT2D eigenvalue weighted by atomic mass is 16.6. The Morgan fingerprint density at radius 1 is 0.862 bits per heavy atom. The van der Waals surface area contributed by atoms with Crippen molar-refractivity contribution >= 4 is 41.3 Å². The van der Waals surface area contributed by atoms with Gasteiger partial charge in [-0.1, -0.05) is 68.4 Å². The van der Waals surface area contributed by atoms with Crippen molar-refractivity contribution < 1.29 is 67.8 Å². The second kappa shape index (κ2) is 17.5. The van der Waals surface area contributed by atoms with E-state index in [-0.39, 0.29) is 35.3 Å². The summed E-state index contributed by atoms with van der Waals surface area (Å²) in [5, 5.41) is 40.5. The highest BCUT2D eigenvalue weighted by molar-refractivity contribution is 5.97. The van der Waals surface area contributed by atoms with Crippen molar-refractivity contribution in [3.05, 3.63) is 113 Å². The molecule has 2 bridgehead atoms. The van der Waals surface area contributed by atoms with E-state index in [0.29, 0.717) is 5.56 Å². The molecule has 4 N–H and O–H groups in total. The zero-order valence-electron chi connectivity index (χ0n) is 37.6. The standard InChI is InChI=1S/C49H56N2O14/c1-26-33(63-45(59)38(55)37(29-16-11-9-12-17-29)50-43(57)31-20-15-21-32(22-31)51(7)8)24-49(60)42(64-44(58)30-18-13-10-14-19-30)40-47(6,34(54)23-35-48(40,25-61-35)65-28(3)53)41(56)39(62-27(2)52)36(26)46(49,4)5/h9-22,33-35,37-40,42,54-55,60H,23-25H2,1-8H3,(H,50,57)/t33-,34-,35+,37-,38+,39+,40-,42-,47+,48-,49+/m0/s1. The molecule has 1 amide bonds. The normalized spacial score (nSPS) is 30.9. The van der Waals surface area contributed by atoms with E-state index in [0.717, 1.165) is 19.5 Å². The number of esters is 4. The molecular weight excluding hydrogens is 841 g/mol. The molecular formula is C49H56N2O14. The predicted octanol–water partition coefficient (Wildman–Crippen LogP) is 3.80. The van der Waals surface area contributed by atoms with Gasteiger partial charge in [0, 0.05) is 57.5 Å². The van der Waals surface area contributed by atoms with Crippen LogP contribution in [0.25, 0.3) is 0 Å². The van der Waals surface area contributed by atoms with E-state index >= 15 is 4.79 Å². The summed E-state index contributed by atoms with van der Waals surface area (Å²) in [6.07, 6.45) is -10.6. The summed E-state index contributed by atoms with van der Waals surface area (Å²) < 4.78 is 30.4. The molecule has 16 heteroatoms. The number of hydrogen-bond acceptors (Lipinski definition) is 15. The minimum atomic E-state index is -2.40. The molecule has 3 aliphatic carbocycles. The Labute approximate surface area is 376 Å². The number of carbonyl (C=O) groups is 6. The van der Waals surface area contributed by atoms with E-state index in [1.54, 1.807) is 80.6 Å². The zero-order chi connectivity index (χ0) is 47.4. The molecule has 346 valence electrons. The lowest BCUT2D eigenvalue weighted by atomic mass is 9.44. The van der Waals surface area contributed by atoms with Gasteiger partial charge in [-0.3, -0.25) is 19.2 Å². The number of ketones is 1. The van der Waals surface area contributed by atoms with Crippen LogP contribution in [0.5, 0.6) is 0 Å². The molecule has 1 saturated heterocycles. The van der Waals surface area contributed by atoms with Gasteiger partial charge in [-0.2, -0.15) is 0 Å². The van der Waals surface area contributed by atoms with Crippen molar-refractivity contribution in [3.8, 4) is 0 Å². The van der Waals surface area contributed by atoms with Crippen molar-refractivity contribution in [2.75, 3.05) is 25.6 Å². The van der Waals surface area contributed by atoms with Crippen LogP contribution < -0.4 is 10.2 Å². The number of ether oxygens (including phenoxy) is 5. The first-order valence-corrected chi connectivity index (χ1v) is 21.5. The number of aliphatic hydroxyl groups excluding tert-OH is 2. The Balaban J connectivity index is 1.37. The molecule has 0 unspecified atom stereocenters. The predicted molar refractivity (Wildman–Crippen MR) is 232 cm³/mol. The molecule has 1 aliphatic heterocycles. The van der Waals surface area contributed by atoms with Gasteiger partial charge < -0.3 is 49.2 Å². The van der Waals surface area contributed by atoms with Crippen LogP contribution >= 0.6 is 0 Å². The maximum absolute atomic E-state index is 15.5. The minimum Gasteiger partial charge on any atom is -0.456 e. The summed E-state index contributed by atoms with van der Waals surface area (Å²) in [5.41, 5.74) is -6.35. The summed E-state index contributed by atoms with van der Waals surface area (Å²) in [6.45, 7) is 7.98. The smallest absolute Gasteiger partial charge is 0.338 e. The van der Waals surface area contributed by atoms with Gasteiger partial charge in [-0.05, 0) is 60.9 Å². The summed E-state index contributed by atoms with van der Waals surface area (Å²) >= 11 is 0. The lowest BCUT2D eigenvalue weighted by molar-refractivity contribution is -0.346. The largest absolute Gasteiger partial charge is 0.456 e. The van der Waals surface area contributed by atoms with Crippen molar-refractivity contribution in [2.45, 2.75) is 108 Å². The number of Topliss-reactive ketones (excluding diaryl/α,β-unsaturated/α-hetero) is 1. The summed E-state index contributed by atoms with van der Waals surface area (Å²) in [7, 11) is 3.63. The average molecular weight is 897 g/mol. The van der Waals surface area contributed by atoms with E-state index in [4.69, 9.17) is 23.7 Å². The topological polar surface area (TPSA) is 225 Å². The van der Waals surface area contributed by atoms with E-state index < -0.39 is 113 Å². The zero-order valence-corrected chi connectivity index (χ0v) is 37.6. The molecule has 4 aliphatic rings. The fourth-order valence-electron chi connectivity index (χ4n) is 10.5. The van der Waals surface area contributed by atoms with Crippen molar-refractivity contribution in [2.24, 2.45) is 16.7 Å². The van der Waals surface area contributed by atoms with Crippen molar-refractivity contribution in [1.29, 1.82) is 0 Å². The first-order valence-electron chi connectivity index (χ1n) is 21.5. The quantitative estimate of drug-likeness (QED) is 0.122. The minimum absolute atomic E-state index is 0.00594. The molecule has 16 nitrogen and oxygen atoms in total. The van der Waals surface area contributed by atoms with Crippen molar-refractivity contribution in [3.63, 3.8) is 0 Å². The van der Waals surface area contributed by atoms with E-state index in [9.17, 15) is 39.3 Å². The lowest BCUT2D eigenvalue weighted by Gasteiger charge is -2.67. The van der Waals surface area contributed by atoms with Gasteiger partial charge in [0.05, 0.1) is 35.6 Å². The third-order valence-corrected chi connectivity index (χ3v) is 14.1. The average Bonchev–Trinajstić information content (AvgIpc) is 3.26. The van der Waals surface area contributed by atoms with Crippen LogP contribution in [0.1, 0.15) is 86.7 Å². The van der Waals surface area contributed by atoms with Gasteiger partial charge in [-0.25, -0.2) is 9.59 Å². The molecule has 0 aromatic heterocycles. The van der Waals surface area contributed by atoms with Crippen LogP contribution in [0, 0.1) is 16.7 Å². The molecule has 2 saturated carbocycles. The Morgan fingerprint density at radius 2 is 1.49 bits per heavy atom. The Kier molecular flexibility index (Phi) is 12.6. The first-order chi connectivity index (χ1) is 30.6. The van der Waals surface area contributed by atoms with Gasteiger partial charge in [-0.15, -0.1) is 0 Å². The van der Waals surface area contributed by atoms with E-state index in [2.05, 4.69) is 5.32 Å². The Morgan fingerprint density at radius 3 is 2.08 bits per heavy atom. The molecule has 0 radical (unpaired) electrons. The summed E-state index contributed by atoms with van der Waals surface area (Å²) in [4.78, 5) is 86.0. The number of amides is 1. The maximum Gasteiger partial charge on any atom is 0.338 e. The number of carbonyl (C=O) groups excluding carboxylic acids is 6. The molecule has 3 fully saturated rings. The van der Waals surface area contributed by atoms with Gasteiger partial charge in [0.25, 0.3) is 5.91 Å². The van der Waals surface area contributed by atoms with E-state index in [1.165, 1.54) is 26.0 Å². The molecule has 11 atom stereocenters. The maximum atomic E-state index is 15.5. The lowest BCUT2D eigenvalue weighted by Crippen LogP contribution is -2.82. The van der Waals surface area contributed by atoms with Crippen LogP contribution in [-0.4, -0.2) is 119 Å². The Hall–Kier alpha value is -5.94. The number of rotatable bonds is 11. The summed E-state index contributed by atoms with van der Waals surface area (Å²) in [5.74, 6) is -6.87. The van der Waals surface area contributed by atoms with Crippen LogP contribution in [0.15, 0.2) is 96.1 Å². The fraction of sp³-hybridized carbons (Fsp3) is 0.469. The number of aliphatic hydroxyl groups is 3. The molecule has 7 rings (SSSR count). The van der Waals surface area contributed by atoms with Crippen LogP contribution in [0.2, 0.25) is 0 Å². The number of hydrogen-bond donors (Lipinski definition) is 4. The first kappa shape index (κ1) is 47.0. The molecule has 65 heavy (non-hydrogen) atoms. The van der Waals surface area contributed by atoms with E-state index in [1.807, 2.05) is 25.1 Å². The highest BCUT2D eigenvalue weighted by Gasteiger charge is 2.78. The van der Waals surface area contributed by atoms with Crippen LogP contribution in [0.4, 0.5) is 5.69 Å². The molecule has 3 aromatic carbocycles. The number of nitrogens with one attached hydrogen (secondary N) is 1. The number of anilines is 1. The SMILES string of the molecule is CC(=O)O[C@H]1C(=O)[C@@]2(C)[C@H]([C@H](OC(=O)c3ccccc3)[C@]3(O)C[C@H](OC(=O)[C@H](O)[C@@H](NC(=O)c4cccc(N(C)C)c4)c4ccccc4)C(C)=C1C3(C)C)[C@]1(OC(C)=O)CO[C@@H]1C[C@@H]2O. The van der Waals surface area contributed by atoms with Gasteiger partial charge in [0.2, 0.25) is 0 Å². The van der Waals surface area contributed by atoms with Gasteiger partial charge in [0.15, 0.2) is 23.6 Å². The van der Waals surface area contributed by atoms with Crippen molar-refractivity contribution in [1.82, 2.24) is 5.32 Å². The number of nitrogens with zero attached hydrogens (tertiary/aromatic N) is 1. The molecule has 0 spiro atoms. The molecule has 1 heterocycles. The monoisotopic (exact) mass is 896 g/mol. The van der Waals surface area contributed by atoms with Crippen LogP contribution in [0.3, 0.4) is 0 Å². The summed E-state index contributed by atoms with van der Waals surface area (Å²) in [6, 6.07) is 21.5. The number of benzene rings is 3. The second-order valence-corrected chi connectivity index (χ2v) is 18.4. The van der Waals surface area contributed by atoms with Gasteiger partial charge >= 0.3 is 23.9 Å². The van der Waals surface area contributed by atoms with Gasteiger partial charge in [0.1, 0.15) is 23.9 Å². The second-order valence-electron chi connectivity index (χ2n) is 18.4. The number of fused-ring (bicyclic) bond motifs is 5. The molecule has 3 aromatic rings. The Bertz CT molecular complexity index is 2400. The third-order valence-electron chi connectivity index (χ3n) is 14.1. The third kappa shape index (κ3) is 8.00.